The van der Waals surface area contributed by atoms with Crippen LogP contribution in [0.1, 0.15) is 32.8 Å². The Bertz CT molecular complexity index is 422. The van der Waals surface area contributed by atoms with Gasteiger partial charge in [0.2, 0.25) is 5.91 Å². The summed E-state index contributed by atoms with van der Waals surface area (Å²) < 4.78 is 1.05. The molecule has 0 aliphatic heterocycles. The van der Waals surface area contributed by atoms with Gasteiger partial charge in [0.25, 0.3) is 0 Å². The van der Waals surface area contributed by atoms with E-state index in [4.69, 9.17) is 5.73 Å². The van der Waals surface area contributed by atoms with Gasteiger partial charge in [-0.3, -0.25) is 4.79 Å². The zero-order chi connectivity index (χ0) is 14.5. The molecule has 1 aromatic carbocycles. The van der Waals surface area contributed by atoms with Crippen LogP contribution in [0.2, 0.25) is 0 Å². The standard InChI is InChI=1S/C15H23BrN2O.ClH/c1-11(2)15(3,10-17)18-14(19)9-6-12-4-7-13(16)8-5-12;/h4-5,7-8,11H,6,9-10,17H2,1-3H3,(H,18,19);1H. The number of nitrogens with one attached hydrogen (secondary N) is 1. The second-order valence-corrected chi connectivity index (χ2v) is 6.37. The van der Waals surface area contributed by atoms with E-state index in [-0.39, 0.29) is 23.9 Å². The molecular formula is C15H24BrClN2O. The van der Waals surface area contributed by atoms with Gasteiger partial charge in [-0.2, -0.15) is 0 Å². The Morgan fingerprint density at radius 1 is 1.35 bits per heavy atom. The Morgan fingerprint density at radius 2 is 1.90 bits per heavy atom. The van der Waals surface area contributed by atoms with E-state index in [0.29, 0.717) is 18.9 Å². The highest BCUT2D eigenvalue weighted by atomic mass is 79.9. The summed E-state index contributed by atoms with van der Waals surface area (Å²) in [6, 6.07) is 8.04. The van der Waals surface area contributed by atoms with E-state index in [1.807, 2.05) is 31.2 Å². The molecule has 0 saturated heterocycles. The molecule has 0 aromatic heterocycles. The average molecular weight is 364 g/mol. The second-order valence-electron chi connectivity index (χ2n) is 5.45. The lowest BCUT2D eigenvalue weighted by atomic mass is 9.88. The fraction of sp³-hybridized carbons (Fsp3) is 0.533. The smallest absolute Gasteiger partial charge is 0.220 e. The fourth-order valence-corrected chi connectivity index (χ4v) is 1.99. The minimum atomic E-state index is -0.323. The van der Waals surface area contributed by atoms with E-state index in [1.54, 1.807) is 0 Å². The van der Waals surface area contributed by atoms with Crippen molar-refractivity contribution in [2.45, 2.75) is 39.2 Å². The highest BCUT2D eigenvalue weighted by Gasteiger charge is 2.28. The maximum absolute atomic E-state index is 12.0. The number of hydrogen-bond donors (Lipinski definition) is 2. The van der Waals surface area contributed by atoms with Crippen molar-refractivity contribution in [2.24, 2.45) is 11.7 Å². The average Bonchev–Trinajstić information content (AvgIpc) is 2.37. The fourth-order valence-electron chi connectivity index (χ4n) is 1.72. The van der Waals surface area contributed by atoms with E-state index in [1.165, 1.54) is 0 Å². The van der Waals surface area contributed by atoms with Crippen molar-refractivity contribution in [1.82, 2.24) is 5.32 Å². The lowest BCUT2D eigenvalue weighted by Crippen LogP contribution is -2.55. The molecule has 0 spiro atoms. The monoisotopic (exact) mass is 362 g/mol. The first kappa shape index (κ1) is 19.4. The second kappa shape index (κ2) is 8.65. The molecule has 0 saturated carbocycles. The zero-order valence-electron chi connectivity index (χ0n) is 12.3. The number of rotatable bonds is 6. The van der Waals surface area contributed by atoms with Gasteiger partial charge in [-0.05, 0) is 37.0 Å². The molecule has 0 radical (unpaired) electrons. The summed E-state index contributed by atoms with van der Waals surface area (Å²) in [4.78, 5) is 12.0. The van der Waals surface area contributed by atoms with Crippen LogP contribution >= 0.6 is 28.3 Å². The molecule has 5 heteroatoms. The maximum atomic E-state index is 12.0. The SMILES string of the molecule is CC(C)C(C)(CN)NC(=O)CCc1ccc(Br)cc1.Cl. The molecule has 0 fully saturated rings. The normalized spacial score (nSPS) is 13.5. The third-order valence-corrected chi connectivity index (χ3v) is 4.21. The molecule has 0 aliphatic carbocycles. The summed E-state index contributed by atoms with van der Waals surface area (Å²) in [5.41, 5.74) is 6.60. The van der Waals surface area contributed by atoms with Crippen LogP contribution in [-0.4, -0.2) is 18.0 Å². The third-order valence-electron chi connectivity index (χ3n) is 3.68. The third kappa shape index (κ3) is 5.81. The van der Waals surface area contributed by atoms with E-state index in [0.717, 1.165) is 16.5 Å². The predicted octanol–water partition coefficient (Wildman–Crippen LogP) is 3.29. The first-order valence-electron chi connectivity index (χ1n) is 6.63. The molecular weight excluding hydrogens is 340 g/mol. The highest BCUT2D eigenvalue weighted by Crippen LogP contribution is 2.16. The van der Waals surface area contributed by atoms with Crippen LogP contribution in [0.5, 0.6) is 0 Å². The van der Waals surface area contributed by atoms with Crippen molar-refractivity contribution >= 4 is 34.2 Å². The van der Waals surface area contributed by atoms with Crippen LogP contribution in [0, 0.1) is 5.92 Å². The van der Waals surface area contributed by atoms with E-state index in [9.17, 15) is 4.79 Å². The zero-order valence-corrected chi connectivity index (χ0v) is 14.7. The Hall–Kier alpha value is -0.580. The molecule has 3 N–H and O–H groups in total. The molecule has 1 atom stereocenters. The van der Waals surface area contributed by atoms with E-state index in [2.05, 4.69) is 35.1 Å². The number of aryl methyl sites for hydroxylation is 1. The van der Waals surface area contributed by atoms with Crippen molar-refractivity contribution in [3.05, 3.63) is 34.3 Å². The van der Waals surface area contributed by atoms with Gasteiger partial charge in [0.05, 0.1) is 5.54 Å². The number of amides is 1. The van der Waals surface area contributed by atoms with Crippen LogP contribution in [0.3, 0.4) is 0 Å². The van der Waals surface area contributed by atoms with Gasteiger partial charge in [-0.1, -0.05) is 41.9 Å². The summed E-state index contributed by atoms with van der Waals surface area (Å²) in [6.45, 7) is 6.59. The summed E-state index contributed by atoms with van der Waals surface area (Å²) in [5.74, 6) is 0.374. The molecule has 0 bridgehead atoms. The molecule has 0 heterocycles. The quantitative estimate of drug-likeness (QED) is 0.815. The summed E-state index contributed by atoms with van der Waals surface area (Å²) in [6.07, 6.45) is 1.24. The molecule has 1 unspecified atom stereocenters. The van der Waals surface area contributed by atoms with Crippen LogP contribution < -0.4 is 11.1 Å². The number of halogens is 2. The van der Waals surface area contributed by atoms with Crippen molar-refractivity contribution in [3.63, 3.8) is 0 Å². The largest absolute Gasteiger partial charge is 0.349 e. The molecule has 1 rings (SSSR count). The summed E-state index contributed by atoms with van der Waals surface area (Å²) in [5, 5.41) is 3.05. The number of hydrogen-bond acceptors (Lipinski definition) is 2. The lowest BCUT2D eigenvalue weighted by molar-refractivity contribution is -0.123. The van der Waals surface area contributed by atoms with Crippen molar-refractivity contribution in [3.8, 4) is 0 Å². The highest BCUT2D eigenvalue weighted by molar-refractivity contribution is 9.10. The predicted molar refractivity (Wildman–Crippen MR) is 90.2 cm³/mol. The molecule has 114 valence electrons. The van der Waals surface area contributed by atoms with Gasteiger partial charge in [0.1, 0.15) is 0 Å². The van der Waals surface area contributed by atoms with Gasteiger partial charge in [-0.25, -0.2) is 0 Å². The van der Waals surface area contributed by atoms with E-state index < -0.39 is 0 Å². The number of benzene rings is 1. The van der Waals surface area contributed by atoms with Gasteiger partial charge in [-0.15, -0.1) is 12.4 Å². The Kier molecular flexibility index (Phi) is 8.40. The van der Waals surface area contributed by atoms with Crippen LogP contribution in [0.25, 0.3) is 0 Å². The molecule has 1 amide bonds. The summed E-state index contributed by atoms with van der Waals surface area (Å²) in [7, 11) is 0. The molecule has 0 aliphatic rings. The Labute approximate surface area is 136 Å². The maximum Gasteiger partial charge on any atom is 0.220 e. The van der Waals surface area contributed by atoms with Gasteiger partial charge >= 0.3 is 0 Å². The molecule has 3 nitrogen and oxygen atoms in total. The van der Waals surface area contributed by atoms with Crippen LogP contribution in [0.15, 0.2) is 28.7 Å². The van der Waals surface area contributed by atoms with Crippen molar-refractivity contribution in [2.75, 3.05) is 6.54 Å². The molecule has 20 heavy (non-hydrogen) atoms. The van der Waals surface area contributed by atoms with Crippen molar-refractivity contribution < 1.29 is 4.79 Å². The van der Waals surface area contributed by atoms with Crippen molar-refractivity contribution in [1.29, 1.82) is 0 Å². The van der Waals surface area contributed by atoms with Gasteiger partial charge in [0.15, 0.2) is 0 Å². The summed E-state index contributed by atoms with van der Waals surface area (Å²) >= 11 is 3.40. The first-order valence-corrected chi connectivity index (χ1v) is 7.42. The Morgan fingerprint density at radius 3 is 2.35 bits per heavy atom. The number of carbonyl (C=O) groups excluding carboxylic acids is 1. The first-order chi connectivity index (χ1) is 8.87. The molecule has 1 aromatic rings. The minimum Gasteiger partial charge on any atom is -0.349 e. The Balaban J connectivity index is 0.00000361. The van der Waals surface area contributed by atoms with Gasteiger partial charge in [0, 0.05) is 17.4 Å². The number of nitrogens with two attached hydrogens (primary N) is 1. The topological polar surface area (TPSA) is 55.1 Å². The lowest BCUT2D eigenvalue weighted by Gasteiger charge is -2.33. The van der Waals surface area contributed by atoms with Crippen LogP contribution in [0.4, 0.5) is 0 Å². The number of carbonyl (C=O) groups is 1. The minimum absolute atomic E-state index is 0. The van der Waals surface area contributed by atoms with E-state index >= 15 is 0 Å². The van der Waals surface area contributed by atoms with Crippen LogP contribution in [-0.2, 0) is 11.2 Å². The van der Waals surface area contributed by atoms with Gasteiger partial charge < -0.3 is 11.1 Å².